The molecular weight excluding hydrogens is 534 g/mol. The molecule has 2 amide bonds. The van der Waals surface area contributed by atoms with E-state index in [9.17, 15) is 18.0 Å². The van der Waals surface area contributed by atoms with Crippen LogP contribution in [0.3, 0.4) is 0 Å². The lowest BCUT2D eigenvalue weighted by molar-refractivity contribution is -0.140. The summed E-state index contributed by atoms with van der Waals surface area (Å²) >= 11 is 6.41. The van der Waals surface area contributed by atoms with Gasteiger partial charge < -0.3 is 10.2 Å². The SMILES string of the molecule is Cc1ccc(N(CC(=O)N(Cc2ccccc2Cl)[C@H](C)C(=O)NC(C)(C)C)S(=O)(=O)c2ccccc2)c(C)c1. The molecule has 0 aliphatic carbocycles. The molecule has 0 fully saturated rings. The largest absolute Gasteiger partial charge is 0.350 e. The minimum Gasteiger partial charge on any atom is -0.350 e. The number of sulfonamides is 1. The highest BCUT2D eigenvalue weighted by atomic mass is 35.5. The monoisotopic (exact) mass is 569 g/mol. The van der Waals surface area contributed by atoms with Crippen molar-refractivity contribution in [2.45, 2.75) is 64.6 Å². The van der Waals surface area contributed by atoms with Gasteiger partial charge >= 0.3 is 0 Å². The average molecular weight is 570 g/mol. The topological polar surface area (TPSA) is 86.8 Å². The molecule has 1 N–H and O–H groups in total. The first kappa shape index (κ1) is 30.2. The van der Waals surface area contributed by atoms with Crippen LogP contribution in [-0.2, 0) is 26.2 Å². The summed E-state index contributed by atoms with van der Waals surface area (Å²) in [4.78, 5) is 28.6. The fourth-order valence-corrected chi connectivity index (χ4v) is 5.88. The van der Waals surface area contributed by atoms with Gasteiger partial charge in [-0.3, -0.25) is 13.9 Å². The van der Waals surface area contributed by atoms with Gasteiger partial charge in [-0.05, 0) is 76.9 Å². The van der Waals surface area contributed by atoms with E-state index in [0.717, 1.165) is 9.87 Å². The Bertz CT molecular complexity index is 1440. The number of halogens is 1. The molecule has 0 saturated heterocycles. The molecule has 39 heavy (non-hydrogen) atoms. The maximum Gasteiger partial charge on any atom is 0.264 e. The lowest BCUT2D eigenvalue weighted by Crippen LogP contribution is -2.54. The van der Waals surface area contributed by atoms with Crippen LogP contribution in [0, 0.1) is 13.8 Å². The summed E-state index contributed by atoms with van der Waals surface area (Å²) in [6.07, 6.45) is 0. The lowest BCUT2D eigenvalue weighted by Gasteiger charge is -2.34. The minimum atomic E-state index is -4.11. The van der Waals surface area contributed by atoms with Crippen molar-refractivity contribution in [3.05, 3.63) is 94.5 Å². The number of rotatable bonds is 9. The molecule has 0 heterocycles. The Morgan fingerprint density at radius 3 is 2.15 bits per heavy atom. The third kappa shape index (κ3) is 7.61. The Kier molecular flexibility index (Phi) is 9.46. The minimum absolute atomic E-state index is 0.0311. The fraction of sp³-hybridized carbons (Fsp3) is 0.333. The molecule has 1 atom stereocenters. The summed E-state index contributed by atoms with van der Waals surface area (Å²) in [5.74, 6) is -0.891. The molecule has 0 radical (unpaired) electrons. The Hall–Kier alpha value is -3.36. The summed E-state index contributed by atoms with van der Waals surface area (Å²) in [6.45, 7) is 10.4. The maximum atomic E-state index is 14.0. The zero-order valence-corrected chi connectivity index (χ0v) is 24.8. The highest BCUT2D eigenvalue weighted by Crippen LogP contribution is 2.28. The number of benzene rings is 3. The van der Waals surface area contributed by atoms with E-state index in [1.54, 1.807) is 68.4 Å². The van der Waals surface area contributed by atoms with E-state index in [0.29, 0.717) is 21.8 Å². The number of aryl methyl sites for hydroxylation is 2. The van der Waals surface area contributed by atoms with Gasteiger partial charge in [-0.2, -0.15) is 0 Å². The molecule has 0 saturated carbocycles. The fourth-order valence-electron chi connectivity index (χ4n) is 4.19. The van der Waals surface area contributed by atoms with Crippen molar-refractivity contribution in [2.75, 3.05) is 10.8 Å². The zero-order valence-electron chi connectivity index (χ0n) is 23.2. The molecule has 0 aliphatic heterocycles. The van der Waals surface area contributed by atoms with Gasteiger partial charge in [0.2, 0.25) is 11.8 Å². The summed E-state index contributed by atoms with van der Waals surface area (Å²) < 4.78 is 28.9. The number of anilines is 1. The molecule has 208 valence electrons. The number of carbonyl (C=O) groups excluding carboxylic acids is 2. The molecule has 9 heteroatoms. The molecule has 0 aromatic heterocycles. The predicted octanol–water partition coefficient (Wildman–Crippen LogP) is 5.48. The van der Waals surface area contributed by atoms with Crippen molar-refractivity contribution in [1.29, 1.82) is 0 Å². The number of nitrogens with one attached hydrogen (secondary N) is 1. The Morgan fingerprint density at radius 1 is 0.949 bits per heavy atom. The highest BCUT2D eigenvalue weighted by molar-refractivity contribution is 7.92. The van der Waals surface area contributed by atoms with Gasteiger partial charge in [-0.15, -0.1) is 0 Å². The van der Waals surface area contributed by atoms with Crippen LogP contribution in [0.2, 0.25) is 5.02 Å². The standard InChI is InChI=1S/C30H36ClN3O4S/c1-21-16-17-27(22(2)18-21)34(39(37,38)25-13-8-7-9-14-25)20-28(35)33(19-24-12-10-11-15-26(24)31)23(3)29(36)32-30(4,5)6/h7-18,23H,19-20H2,1-6H3,(H,32,36)/t23-/m1/s1. The molecule has 0 spiro atoms. The molecule has 3 aromatic carbocycles. The summed E-state index contributed by atoms with van der Waals surface area (Å²) in [6, 6.07) is 19.5. The van der Waals surface area contributed by atoms with Crippen LogP contribution in [0.1, 0.15) is 44.4 Å². The second-order valence-electron chi connectivity index (χ2n) is 10.6. The van der Waals surface area contributed by atoms with Gasteiger partial charge in [0.05, 0.1) is 10.6 Å². The second-order valence-corrected chi connectivity index (χ2v) is 12.9. The Labute approximate surface area is 236 Å². The number of hydrogen-bond acceptors (Lipinski definition) is 4. The van der Waals surface area contributed by atoms with Crippen LogP contribution >= 0.6 is 11.6 Å². The number of carbonyl (C=O) groups is 2. The van der Waals surface area contributed by atoms with Crippen LogP contribution in [-0.4, -0.2) is 43.3 Å². The van der Waals surface area contributed by atoms with Crippen LogP contribution in [0.4, 0.5) is 5.69 Å². The van der Waals surface area contributed by atoms with E-state index < -0.39 is 34.1 Å². The Balaban J connectivity index is 2.07. The van der Waals surface area contributed by atoms with Crippen LogP contribution in [0.15, 0.2) is 77.7 Å². The summed E-state index contributed by atoms with van der Waals surface area (Å²) in [7, 11) is -4.11. The van der Waals surface area contributed by atoms with Crippen molar-refractivity contribution in [1.82, 2.24) is 10.2 Å². The van der Waals surface area contributed by atoms with Crippen LogP contribution < -0.4 is 9.62 Å². The van der Waals surface area contributed by atoms with E-state index in [1.807, 2.05) is 33.8 Å². The van der Waals surface area contributed by atoms with E-state index in [1.165, 1.54) is 17.0 Å². The average Bonchev–Trinajstić information content (AvgIpc) is 2.86. The predicted molar refractivity (Wildman–Crippen MR) is 156 cm³/mol. The van der Waals surface area contributed by atoms with Crippen molar-refractivity contribution in [3.8, 4) is 0 Å². The van der Waals surface area contributed by atoms with Gasteiger partial charge in [0.1, 0.15) is 12.6 Å². The van der Waals surface area contributed by atoms with E-state index in [4.69, 9.17) is 11.6 Å². The van der Waals surface area contributed by atoms with Crippen molar-refractivity contribution >= 4 is 39.1 Å². The molecule has 0 aliphatic rings. The number of nitrogens with zero attached hydrogens (tertiary/aromatic N) is 2. The smallest absolute Gasteiger partial charge is 0.264 e. The maximum absolute atomic E-state index is 14.0. The van der Waals surface area contributed by atoms with Crippen LogP contribution in [0.25, 0.3) is 0 Å². The highest BCUT2D eigenvalue weighted by Gasteiger charge is 2.34. The summed E-state index contributed by atoms with van der Waals surface area (Å²) in [5, 5.41) is 3.36. The van der Waals surface area contributed by atoms with Crippen LogP contribution in [0.5, 0.6) is 0 Å². The van der Waals surface area contributed by atoms with Crippen molar-refractivity contribution in [2.24, 2.45) is 0 Å². The van der Waals surface area contributed by atoms with E-state index in [-0.39, 0.29) is 17.3 Å². The zero-order chi connectivity index (χ0) is 29.0. The number of hydrogen-bond donors (Lipinski definition) is 1. The van der Waals surface area contributed by atoms with Gasteiger partial charge in [0.15, 0.2) is 0 Å². The first-order valence-electron chi connectivity index (χ1n) is 12.7. The molecule has 3 aromatic rings. The molecule has 0 unspecified atom stereocenters. The molecule has 7 nitrogen and oxygen atoms in total. The number of amides is 2. The Morgan fingerprint density at radius 2 is 1.56 bits per heavy atom. The summed E-state index contributed by atoms with van der Waals surface area (Å²) in [5.41, 5.74) is 2.19. The second kappa shape index (κ2) is 12.2. The van der Waals surface area contributed by atoms with Crippen molar-refractivity contribution in [3.63, 3.8) is 0 Å². The van der Waals surface area contributed by atoms with Crippen molar-refractivity contribution < 1.29 is 18.0 Å². The first-order valence-corrected chi connectivity index (χ1v) is 14.5. The third-order valence-corrected chi connectivity index (χ3v) is 8.34. The van der Waals surface area contributed by atoms with Gasteiger partial charge in [-0.1, -0.05) is 65.7 Å². The molecule has 3 rings (SSSR count). The van der Waals surface area contributed by atoms with Gasteiger partial charge in [0, 0.05) is 17.1 Å². The lowest BCUT2D eigenvalue weighted by atomic mass is 10.1. The van der Waals surface area contributed by atoms with Gasteiger partial charge in [-0.25, -0.2) is 8.42 Å². The normalized spacial score (nSPS) is 12.5. The van der Waals surface area contributed by atoms with E-state index >= 15 is 0 Å². The van der Waals surface area contributed by atoms with Gasteiger partial charge in [0.25, 0.3) is 10.0 Å². The first-order chi connectivity index (χ1) is 18.2. The van der Waals surface area contributed by atoms with E-state index in [2.05, 4.69) is 5.32 Å². The molecular formula is C30H36ClN3O4S. The quantitative estimate of drug-likeness (QED) is 0.369. The molecule has 0 bridgehead atoms. The third-order valence-electron chi connectivity index (χ3n) is 6.20.